The minimum atomic E-state index is -5.54. The van der Waals surface area contributed by atoms with Crippen LogP contribution in [0.25, 0.3) is 0 Å². The summed E-state index contributed by atoms with van der Waals surface area (Å²) >= 11 is 0. The third-order valence-corrected chi connectivity index (χ3v) is 8.34. The highest BCUT2D eigenvalue weighted by molar-refractivity contribution is 7.61. The molecule has 7 N–H and O–H groups in total. The Morgan fingerprint density at radius 2 is 1.66 bits per heavy atom. The van der Waals surface area contributed by atoms with Gasteiger partial charge in [0.15, 0.2) is 24.7 Å². The highest BCUT2D eigenvalue weighted by Crippen LogP contribution is 2.61. The summed E-state index contributed by atoms with van der Waals surface area (Å²) in [5.41, 5.74) is 4.21. The second-order valence-corrected chi connectivity index (χ2v) is 11.9. The maximum absolute atomic E-state index is 12.5. The molecule has 3 heterocycles. The van der Waals surface area contributed by atoms with Crippen LogP contribution in [0.1, 0.15) is 27.0 Å². The Balaban J connectivity index is 1.64. The molecule has 3 rings (SSSR count). The van der Waals surface area contributed by atoms with Gasteiger partial charge in [-0.1, -0.05) is 0 Å². The van der Waals surface area contributed by atoms with Gasteiger partial charge in [0.05, 0.1) is 18.8 Å². The summed E-state index contributed by atoms with van der Waals surface area (Å²) in [5.74, 6) is -1.62. The molecule has 0 radical (unpaired) electrons. The van der Waals surface area contributed by atoms with E-state index < -0.39 is 101 Å². The van der Waals surface area contributed by atoms with E-state index in [1.165, 1.54) is 6.92 Å². The lowest BCUT2D eigenvalue weighted by Crippen LogP contribution is -2.63. The summed E-state index contributed by atoms with van der Waals surface area (Å²) in [7, 11) is -11.0. The molecule has 0 saturated carbocycles. The van der Waals surface area contributed by atoms with E-state index in [0.717, 1.165) is 30.7 Å². The summed E-state index contributed by atoms with van der Waals surface area (Å²) in [6.07, 6.45) is -11.3. The Morgan fingerprint density at radius 1 is 1.05 bits per heavy atom. The second kappa shape index (κ2) is 12.9. The number of nitrogens with two attached hydrogens (primary N) is 1. The standard InChI is InChI=1S/C19H29N3O17P2/c1-7-15(35-8(2)23)16(36-9(3)24)12(20)18(34-7)38-41(31,32)39-40(29,30)33-6-10-13(26)14(27)17(37-10)22-5-4-11(25)21-19(22)28/h4-5,7,10,12-18,26-27H,6,20H2,1-3H3,(H,29,30)(H,31,32)(H,21,25,28)/t7-,10-,12-,13-,14-,15+,16-,17-,18-/m1/s1. The highest BCUT2D eigenvalue weighted by atomic mass is 31.3. The number of H-pyrrole nitrogens is 1. The lowest BCUT2D eigenvalue weighted by molar-refractivity contribution is -0.244. The molecule has 0 aromatic carbocycles. The van der Waals surface area contributed by atoms with Crippen LogP contribution >= 0.6 is 15.6 Å². The zero-order valence-corrected chi connectivity index (χ0v) is 23.4. The zero-order valence-electron chi connectivity index (χ0n) is 21.6. The van der Waals surface area contributed by atoms with E-state index in [2.05, 4.69) is 8.83 Å². The van der Waals surface area contributed by atoms with Gasteiger partial charge in [-0.25, -0.2) is 13.9 Å². The van der Waals surface area contributed by atoms with Gasteiger partial charge in [0.25, 0.3) is 5.56 Å². The van der Waals surface area contributed by atoms with Crippen LogP contribution in [0.5, 0.6) is 0 Å². The molecular weight excluding hydrogens is 604 g/mol. The fourth-order valence-corrected chi connectivity index (χ4v) is 6.18. The van der Waals surface area contributed by atoms with Crippen LogP contribution in [0, 0.1) is 0 Å². The SMILES string of the molecule is CC(=O)O[C@@H]1[C@@H](N)[C@@H](OP(=O)(O)OP(=O)(O)OC[C@H]2O[C@@H](n3ccc(=O)[nH]c3=O)[C@H](O)[C@@H]2O)O[C@H](C)[C@@H]1OC(C)=O. The van der Waals surface area contributed by atoms with Crippen molar-refractivity contribution in [2.24, 2.45) is 5.73 Å². The van der Waals surface area contributed by atoms with E-state index in [0.29, 0.717) is 0 Å². The van der Waals surface area contributed by atoms with Crippen molar-refractivity contribution in [1.82, 2.24) is 9.55 Å². The van der Waals surface area contributed by atoms with Crippen LogP contribution in [-0.2, 0) is 51.0 Å². The Hall–Kier alpha value is -2.32. The molecule has 22 heteroatoms. The van der Waals surface area contributed by atoms with Crippen LogP contribution in [0.15, 0.2) is 21.9 Å². The van der Waals surface area contributed by atoms with Crippen molar-refractivity contribution in [2.45, 2.75) is 76.0 Å². The Labute approximate surface area is 230 Å². The number of esters is 2. The summed E-state index contributed by atoms with van der Waals surface area (Å²) in [4.78, 5) is 68.2. The number of aliphatic hydroxyl groups is 2. The zero-order chi connectivity index (χ0) is 30.9. The number of aliphatic hydroxyl groups excluding tert-OH is 2. The van der Waals surface area contributed by atoms with Crippen molar-refractivity contribution in [2.75, 3.05) is 6.61 Å². The molecule has 2 unspecified atom stereocenters. The van der Waals surface area contributed by atoms with Gasteiger partial charge in [-0.15, -0.1) is 0 Å². The number of phosphoric acid groups is 2. The lowest BCUT2D eigenvalue weighted by atomic mass is 9.98. The minimum absolute atomic E-state index is 0.740. The van der Waals surface area contributed by atoms with Crippen LogP contribution in [0.2, 0.25) is 0 Å². The molecule has 41 heavy (non-hydrogen) atoms. The van der Waals surface area contributed by atoms with Gasteiger partial charge in [0.2, 0.25) is 0 Å². The van der Waals surface area contributed by atoms with Crippen molar-refractivity contribution in [1.29, 1.82) is 0 Å². The number of ether oxygens (including phenoxy) is 4. The normalized spacial score (nSPS) is 34.8. The first-order valence-corrected chi connectivity index (χ1v) is 14.7. The molecule has 20 nitrogen and oxygen atoms in total. The minimum Gasteiger partial charge on any atom is -0.457 e. The molecule has 11 atom stereocenters. The van der Waals surface area contributed by atoms with Gasteiger partial charge < -0.3 is 44.7 Å². The number of rotatable bonds is 10. The average molecular weight is 633 g/mol. The fraction of sp³-hybridized carbons (Fsp3) is 0.684. The van der Waals surface area contributed by atoms with Crippen molar-refractivity contribution >= 4 is 27.6 Å². The van der Waals surface area contributed by atoms with Crippen molar-refractivity contribution in [3.63, 3.8) is 0 Å². The lowest BCUT2D eigenvalue weighted by Gasteiger charge is -2.42. The van der Waals surface area contributed by atoms with Crippen molar-refractivity contribution < 1.29 is 71.0 Å². The molecular formula is C19H29N3O17P2. The Morgan fingerprint density at radius 3 is 2.24 bits per heavy atom. The molecule has 2 aliphatic heterocycles. The van der Waals surface area contributed by atoms with Crippen molar-refractivity contribution in [3.8, 4) is 0 Å². The number of nitrogens with one attached hydrogen (secondary N) is 1. The molecule has 1 aromatic heterocycles. The first-order valence-electron chi connectivity index (χ1n) is 11.7. The Kier molecular flexibility index (Phi) is 10.4. The number of hydrogen-bond acceptors (Lipinski definition) is 16. The van der Waals surface area contributed by atoms with E-state index in [9.17, 15) is 48.3 Å². The van der Waals surface area contributed by atoms with E-state index in [-0.39, 0.29) is 0 Å². The number of aromatic amines is 1. The smallest absolute Gasteiger partial charge is 0.457 e. The first kappa shape index (κ1) is 33.2. The van der Waals surface area contributed by atoms with Crippen LogP contribution in [-0.4, -0.2) is 97.1 Å². The van der Waals surface area contributed by atoms with Gasteiger partial charge in [0, 0.05) is 26.1 Å². The predicted octanol–water partition coefficient (Wildman–Crippen LogP) is -2.66. The van der Waals surface area contributed by atoms with Gasteiger partial charge in [-0.2, -0.15) is 4.31 Å². The molecule has 2 fully saturated rings. The van der Waals surface area contributed by atoms with E-state index in [1.54, 1.807) is 0 Å². The maximum atomic E-state index is 12.5. The summed E-state index contributed by atoms with van der Waals surface area (Å²) in [6.45, 7) is 2.43. The number of carbonyl (C=O) groups excluding carboxylic acids is 2. The average Bonchev–Trinajstić information content (AvgIpc) is 3.10. The molecule has 2 aliphatic rings. The number of nitrogens with zero attached hydrogens (tertiary/aromatic N) is 1. The monoisotopic (exact) mass is 633 g/mol. The third-order valence-electron chi connectivity index (χ3n) is 5.74. The molecule has 0 amide bonds. The van der Waals surface area contributed by atoms with Crippen LogP contribution < -0.4 is 17.0 Å². The number of phosphoric ester groups is 2. The molecule has 0 bridgehead atoms. The molecule has 232 valence electrons. The molecule has 1 aromatic rings. The van der Waals surface area contributed by atoms with Crippen molar-refractivity contribution in [3.05, 3.63) is 33.1 Å². The van der Waals surface area contributed by atoms with E-state index in [4.69, 9.17) is 29.2 Å². The Bertz CT molecular complexity index is 1330. The van der Waals surface area contributed by atoms with Gasteiger partial charge in [0.1, 0.15) is 18.3 Å². The van der Waals surface area contributed by atoms with Crippen LogP contribution in [0.3, 0.4) is 0 Å². The van der Waals surface area contributed by atoms with E-state index >= 15 is 0 Å². The second-order valence-electron chi connectivity index (χ2n) is 8.92. The van der Waals surface area contributed by atoms with Gasteiger partial charge in [-0.3, -0.25) is 33.0 Å². The number of hydrogen-bond donors (Lipinski definition) is 6. The number of carbonyl (C=O) groups is 2. The largest absolute Gasteiger partial charge is 0.483 e. The van der Waals surface area contributed by atoms with Gasteiger partial charge >= 0.3 is 33.3 Å². The summed E-state index contributed by atoms with van der Waals surface area (Å²) in [6, 6.07) is -0.616. The summed E-state index contributed by atoms with van der Waals surface area (Å²) < 4.78 is 60.1. The third kappa shape index (κ3) is 8.38. The molecule has 0 aliphatic carbocycles. The van der Waals surface area contributed by atoms with Crippen LogP contribution in [0.4, 0.5) is 0 Å². The first-order chi connectivity index (χ1) is 18.9. The molecule has 2 saturated heterocycles. The highest BCUT2D eigenvalue weighted by Gasteiger charge is 2.51. The predicted molar refractivity (Wildman–Crippen MR) is 128 cm³/mol. The summed E-state index contributed by atoms with van der Waals surface area (Å²) in [5, 5.41) is 20.4. The fourth-order valence-electron chi connectivity index (χ4n) is 4.00. The van der Waals surface area contributed by atoms with Gasteiger partial charge in [-0.05, 0) is 6.92 Å². The quantitative estimate of drug-likeness (QED) is 0.113. The maximum Gasteiger partial charge on any atom is 0.483 e. The molecule has 0 spiro atoms. The van der Waals surface area contributed by atoms with E-state index in [1.807, 2.05) is 4.98 Å². The topological polar surface area (TPSA) is 295 Å². The number of aromatic nitrogens is 2.